The summed E-state index contributed by atoms with van der Waals surface area (Å²) in [4.78, 5) is 0. The molecule has 37 heavy (non-hydrogen) atoms. The summed E-state index contributed by atoms with van der Waals surface area (Å²) in [5, 5.41) is 0. The van der Waals surface area contributed by atoms with E-state index >= 15 is 0 Å². The summed E-state index contributed by atoms with van der Waals surface area (Å²) in [5.41, 5.74) is 0. The molecule has 0 spiro atoms. The second-order valence-corrected chi connectivity index (χ2v) is 12.6. The van der Waals surface area contributed by atoms with Crippen molar-refractivity contribution >= 4 is 0 Å². The minimum Gasteiger partial charge on any atom is -0.384 e. The predicted molar refractivity (Wildman–Crippen MR) is 145 cm³/mol. The van der Waals surface area contributed by atoms with Crippen molar-refractivity contribution < 1.29 is 23.0 Å². The van der Waals surface area contributed by atoms with Crippen LogP contribution in [0, 0.1) is 41.4 Å². The molecule has 5 heteroatoms. The van der Waals surface area contributed by atoms with Crippen molar-refractivity contribution in [2.24, 2.45) is 41.4 Å². The van der Waals surface area contributed by atoms with E-state index in [0.717, 1.165) is 81.2 Å². The Kier molecular flexibility index (Phi) is 12.4. The Morgan fingerprint density at radius 1 is 0.730 bits per heavy atom. The molecule has 1 heterocycles. The standard InChI is InChI=1S/C32H52F2O3/c1-35-21-3-2-4-24-5-7-25(8-6-24)12-20-32-36-22-30(23-37-32)29-17-15-28(16-18-29)27-13-9-26(10-14-27)11-19-31(33)34/h2,4,19,24-30,32H,3,5-18,20-23H2,1H3/b4-2+. The smallest absolute Gasteiger partial charge is 0.266 e. The third kappa shape index (κ3) is 9.72. The predicted octanol–water partition coefficient (Wildman–Crippen LogP) is 8.94. The Morgan fingerprint density at radius 3 is 1.89 bits per heavy atom. The van der Waals surface area contributed by atoms with Gasteiger partial charge in [-0.25, -0.2) is 0 Å². The molecule has 0 unspecified atom stereocenters. The van der Waals surface area contributed by atoms with Crippen LogP contribution in [0.1, 0.15) is 103 Å². The van der Waals surface area contributed by atoms with E-state index in [1.165, 1.54) is 70.6 Å². The van der Waals surface area contributed by atoms with E-state index in [0.29, 0.717) is 18.3 Å². The number of allylic oxidation sites excluding steroid dienone is 2. The fourth-order valence-electron chi connectivity index (χ4n) is 7.75. The number of methoxy groups -OCH3 is 1. The molecule has 3 nitrogen and oxygen atoms in total. The summed E-state index contributed by atoms with van der Waals surface area (Å²) in [7, 11) is 1.77. The lowest BCUT2D eigenvalue weighted by molar-refractivity contribution is -0.214. The van der Waals surface area contributed by atoms with Crippen molar-refractivity contribution in [3.63, 3.8) is 0 Å². The second-order valence-electron chi connectivity index (χ2n) is 12.6. The van der Waals surface area contributed by atoms with Crippen LogP contribution in [0.25, 0.3) is 0 Å². The van der Waals surface area contributed by atoms with Crippen molar-refractivity contribution in [1.82, 2.24) is 0 Å². The maximum absolute atomic E-state index is 12.4. The van der Waals surface area contributed by atoms with Gasteiger partial charge in [-0.2, -0.15) is 8.78 Å². The van der Waals surface area contributed by atoms with Gasteiger partial charge in [0.1, 0.15) is 0 Å². The van der Waals surface area contributed by atoms with E-state index in [1.54, 1.807) is 7.11 Å². The lowest BCUT2D eigenvalue weighted by Crippen LogP contribution is -2.38. The fourth-order valence-corrected chi connectivity index (χ4v) is 7.75. The highest BCUT2D eigenvalue weighted by Gasteiger charge is 2.35. The van der Waals surface area contributed by atoms with Crippen LogP contribution < -0.4 is 0 Å². The van der Waals surface area contributed by atoms with Crippen molar-refractivity contribution in [1.29, 1.82) is 0 Å². The number of hydrogen-bond acceptors (Lipinski definition) is 3. The van der Waals surface area contributed by atoms with Crippen LogP contribution in [0.2, 0.25) is 0 Å². The first-order valence-electron chi connectivity index (χ1n) is 15.5. The maximum atomic E-state index is 12.4. The summed E-state index contributed by atoms with van der Waals surface area (Å²) in [5.74, 6) is 5.05. The molecule has 0 N–H and O–H groups in total. The third-order valence-electron chi connectivity index (χ3n) is 10.2. The Morgan fingerprint density at radius 2 is 1.30 bits per heavy atom. The molecule has 0 bridgehead atoms. The Labute approximate surface area is 224 Å². The van der Waals surface area contributed by atoms with Gasteiger partial charge in [0.25, 0.3) is 6.08 Å². The maximum Gasteiger partial charge on any atom is 0.266 e. The number of halogens is 2. The monoisotopic (exact) mass is 522 g/mol. The fraction of sp³-hybridized carbons (Fsp3) is 0.875. The van der Waals surface area contributed by atoms with Crippen LogP contribution in [-0.2, 0) is 14.2 Å². The van der Waals surface area contributed by atoms with E-state index in [2.05, 4.69) is 12.2 Å². The zero-order valence-corrected chi connectivity index (χ0v) is 23.3. The quantitative estimate of drug-likeness (QED) is 0.200. The molecular weight excluding hydrogens is 470 g/mol. The van der Waals surface area contributed by atoms with E-state index in [4.69, 9.17) is 14.2 Å². The second kappa shape index (κ2) is 15.7. The zero-order valence-electron chi connectivity index (χ0n) is 23.3. The Bertz CT molecular complexity index is 674. The van der Waals surface area contributed by atoms with Crippen LogP contribution in [-0.4, -0.2) is 33.2 Å². The molecule has 4 rings (SSSR count). The van der Waals surface area contributed by atoms with Gasteiger partial charge in [-0.1, -0.05) is 12.2 Å². The van der Waals surface area contributed by atoms with Crippen LogP contribution in [0.5, 0.6) is 0 Å². The summed E-state index contributed by atoms with van der Waals surface area (Å²) in [6, 6.07) is 0. The highest BCUT2D eigenvalue weighted by atomic mass is 19.3. The average Bonchev–Trinajstić information content (AvgIpc) is 2.94. The number of hydrogen-bond donors (Lipinski definition) is 0. The van der Waals surface area contributed by atoms with E-state index < -0.39 is 6.08 Å². The highest BCUT2D eigenvalue weighted by molar-refractivity contribution is 4.91. The van der Waals surface area contributed by atoms with Crippen LogP contribution in [0.3, 0.4) is 0 Å². The molecule has 0 atom stereocenters. The van der Waals surface area contributed by atoms with Crippen molar-refractivity contribution in [2.75, 3.05) is 26.9 Å². The van der Waals surface area contributed by atoms with Gasteiger partial charge in [0.05, 0.1) is 13.2 Å². The zero-order chi connectivity index (χ0) is 25.9. The van der Waals surface area contributed by atoms with Gasteiger partial charge < -0.3 is 14.2 Å². The highest BCUT2D eigenvalue weighted by Crippen LogP contribution is 2.44. The minimum absolute atomic E-state index is 0.00940. The lowest BCUT2D eigenvalue weighted by atomic mass is 9.67. The van der Waals surface area contributed by atoms with E-state index in [1.807, 2.05) is 0 Å². The molecular formula is C32H52F2O3. The first-order valence-corrected chi connectivity index (χ1v) is 15.5. The number of rotatable bonds is 11. The molecule has 212 valence electrons. The van der Waals surface area contributed by atoms with Crippen molar-refractivity contribution in [3.05, 3.63) is 24.3 Å². The first-order chi connectivity index (χ1) is 18.1. The van der Waals surface area contributed by atoms with Gasteiger partial charge in [0.2, 0.25) is 0 Å². The van der Waals surface area contributed by atoms with Gasteiger partial charge in [0, 0.05) is 19.6 Å². The average molecular weight is 523 g/mol. The molecule has 0 amide bonds. The third-order valence-corrected chi connectivity index (χ3v) is 10.2. The summed E-state index contributed by atoms with van der Waals surface area (Å²) in [6.07, 6.45) is 23.6. The van der Waals surface area contributed by atoms with Crippen molar-refractivity contribution in [2.45, 2.75) is 109 Å². The summed E-state index contributed by atoms with van der Waals surface area (Å²) in [6.45, 7) is 2.58. The first kappa shape index (κ1) is 29.2. The Hall–Kier alpha value is -0.780. The summed E-state index contributed by atoms with van der Waals surface area (Å²) >= 11 is 0. The van der Waals surface area contributed by atoms with Gasteiger partial charge >= 0.3 is 0 Å². The lowest BCUT2D eigenvalue weighted by Gasteiger charge is -2.41. The molecule has 0 aromatic carbocycles. The normalized spacial score (nSPS) is 37.5. The molecule has 0 radical (unpaired) electrons. The van der Waals surface area contributed by atoms with Gasteiger partial charge in [0.15, 0.2) is 6.29 Å². The number of ether oxygens (including phenoxy) is 3. The molecule has 4 aliphatic rings. The van der Waals surface area contributed by atoms with Gasteiger partial charge in [-0.15, -0.1) is 0 Å². The largest absolute Gasteiger partial charge is 0.384 e. The molecule has 0 aromatic heterocycles. The van der Waals surface area contributed by atoms with Crippen LogP contribution in [0.15, 0.2) is 24.3 Å². The van der Waals surface area contributed by atoms with E-state index in [9.17, 15) is 8.78 Å². The molecule has 0 aromatic rings. The molecule has 4 fully saturated rings. The molecule has 3 saturated carbocycles. The summed E-state index contributed by atoms with van der Waals surface area (Å²) < 4.78 is 42.3. The van der Waals surface area contributed by atoms with Crippen LogP contribution in [0.4, 0.5) is 8.78 Å². The molecule has 1 aliphatic heterocycles. The van der Waals surface area contributed by atoms with Gasteiger partial charge in [-0.05, 0) is 144 Å². The topological polar surface area (TPSA) is 27.7 Å². The van der Waals surface area contributed by atoms with Crippen LogP contribution >= 0.6 is 0 Å². The van der Waals surface area contributed by atoms with Crippen molar-refractivity contribution in [3.8, 4) is 0 Å². The van der Waals surface area contributed by atoms with Gasteiger partial charge in [-0.3, -0.25) is 0 Å². The van der Waals surface area contributed by atoms with E-state index in [-0.39, 0.29) is 6.29 Å². The minimum atomic E-state index is -1.51. The SMILES string of the molecule is COCC/C=C/C1CCC(CCC2OCC(C3CCC(C4CCC(CC=C(F)F)CC4)CC3)CO2)CC1. The molecule has 3 aliphatic carbocycles. The molecule has 1 saturated heterocycles. The Balaban J connectivity index is 1.05.